The molecule has 0 atom stereocenters. The highest BCUT2D eigenvalue weighted by Gasteiger charge is 2.22. The molecule has 0 radical (unpaired) electrons. The van der Waals surface area contributed by atoms with E-state index in [9.17, 15) is 4.79 Å². The highest BCUT2D eigenvalue weighted by molar-refractivity contribution is 7.13. The van der Waals surface area contributed by atoms with Crippen molar-refractivity contribution in [1.82, 2.24) is 4.98 Å². The Balaban J connectivity index is 1.69. The summed E-state index contributed by atoms with van der Waals surface area (Å²) in [6.45, 7) is 0. The normalized spacial score (nSPS) is 17.7. The number of hydrogen-bond acceptors (Lipinski definition) is 3. The monoisotopic (exact) mass is 327 g/mol. The van der Waals surface area contributed by atoms with Gasteiger partial charge in [-0.25, -0.2) is 4.98 Å². The van der Waals surface area contributed by atoms with E-state index < -0.39 is 0 Å². The topological polar surface area (TPSA) is 30.0 Å². The Bertz CT molecular complexity index is 610. The summed E-state index contributed by atoms with van der Waals surface area (Å²) >= 11 is 1.58. The van der Waals surface area contributed by atoms with Gasteiger partial charge in [-0.3, -0.25) is 4.79 Å². The number of hydrogen-bond donors (Lipinski definition) is 0. The highest BCUT2D eigenvalue weighted by atomic mass is 32.1. The Hall–Kier alpha value is -1.48. The first kappa shape index (κ1) is 16.4. The summed E-state index contributed by atoms with van der Waals surface area (Å²) in [7, 11) is 0. The van der Waals surface area contributed by atoms with E-state index in [1.165, 1.54) is 44.9 Å². The Morgan fingerprint density at radius 1 is 0.913 bits per heavy atom. The summed E-state index contributed by atoms with van der Waals surface area (Å²) in [5.41, 5.74) is 1.78. The van der Waals surface area contributed by atoms with Crippen molar-refractivity contribution in [2.75, 3.05) is 0 Å². The fraction of sp³-hybridized carbons (Fsp3) is 0.500. The van der Waals surface area contributed by atoms with Gasteiger partial charge < -0.3 is 0 Å². The van der Waals surface area contributed by atoms with Gasteiger partial charge in [0.15, 0.2) is 5.78 Å². The van der Waals surface area contributed by atoms with Gasteiger partial charge in [-0.2, -0.15) is 0 Å². The van der Waals surface area contributed by atoms with Gasteiger partial charge >= 0.3 is 0 Å². The second-order valence-corrected chi connectivity index (χ2v) is 7.38. The number of rotatable bonds is 3. The summed E-state index contributed by atoms with van der Waals surface area (Å²) in [5, 5.41) is 2.90. The SMILES string of the molecule is O=C(c1csc(-c2ccccc2)n1)C1CCCCCCCCC1. The molecule has 0 amide bonds. The van der Waals surface area contributed by atoms with Crippen molar-refractivity contribution < 1.29 is 4.79 Å². The molecule has 1 aliphatic rings. The quantitative estimate of drug-likeness (QED) is 0.634. The van der Waals surface area contributed by atoms with E-state index in [-0.39, 0.29) is 11.7 Å². The molecule has 3 rings (SSSR count). The van der Waals surface area contributed by atoms with Crippen molar-refractivity contribution in [2.45, 2.75) is 57.8 Å². The lowest BCUT2D eigenvalue weighted by atomic mass is 9.88. The molecule has 0 aliphatic heterocycles. The van der Waals surface area contributed by atoms with Crippen LogP contribution in [0.25, 0.3) is 10.6 Å². The summed E-state index contributed by atoms with van der Waals surface area (Å²) in [4.78, 5) is 17.5. The van der Waals surface area contributed by atoms with Crippen molar-refractivity contribution in [2.24, 2.45) is 5.92 Å². The second-order valence-electron chi connectivity index (χ2n) is 6.52. The third-order valence-corrected chi connectivity index (χ3v) is 5.64. The fourth-order valence-electron chi connectivity index (χ4n) is 3.38. The van der Waals surface area contributed by atoms with Gasteiger partial charge in [0.25, 0.3) is 0 Å². The molecule has 0 N–H and O–H groups in total. The van der Waals surface area contributed by atoms with Crippen LogP contribution in [0.1, 0.15) is 68.3 Å². The molecule has 1 aromatic carbocycles. The highest BCUT2D eigenvalue weighted by Crippen LogP contribution is 2.28. The minimum Gasteiger partial charge on any atom is -0.292 e. The Kier molecular flexibility index (Phi) is 5.98. The molecule has 0 bridgehead atoms. The molecule has 0 saturated heterocycles. The van der Waals surface area contributed by atoms with Crippen LogP contribution in [0.3, 0.4) is 0 Å². The molecule has 2 nitrogen and oxygen atoms in total. The zero-order valence-corrected chi connectivity index (χ0v) is 14.5. The van der Waals surface area contributed by atoms with Crippen LogP contribution in [0.5, 0.6) is 0 Å². The minimum atomic E-state index is 0.179. The van der Waals surface area contributed by atoms with Crippen molar-refractivity contribution in [3.05, 3.63) is 41.4 Å². The van der Waals surface area contributed by atoms with Gasteiger partial charge in [0, 0.05) is 16.9 Å². The van der Waals surface area contributed by atoms with E-state index in [4.69, 9.17) is 0 Å². The number of carbonyl (C=O) groups excluding carboxylic acids is 1. The maximum atomic E-state index is 12.9. The van der Waals surface area contributed by atoms with E-state index in [1.54, 1.807) is 11.3 Å². The molecule has 1 aliphatic carbocycles. The first-order valence-electron chi connectivity index (χ1n) is 8.90. The lowest BCUT2D eigenvalue weighted by Crippen LogP contribution is -2.16. The number of benzene rings is 1. The number of thiazole rings is 1. The Morgan fingerprint density at radius 2 is 1.52 bits per heavy atom. The summed E-state index contributed by atoms with van der Waals surface area (Å²) in [6, 6.07) is 10.1. The predicted molar refractivity (Wildman–Crippen MR) is 96.9 cm³/mol. The van der Waals surface area contributed by atoms with Crippen LogP contribution in [0.2, 0.25) is 0 Å². The van der Waals surface area contributed by atoms with Gasteiger partial charge in [0.2, 0.25) is 0 Å². The van der Waals surface area contributed by atoms with E-state index in [0.29, 0.717) is 5.69 Å². The predicted octanol–water partition coefficient (Wildman–Crippen LogP) is 6.13. The van der Waals surface area contributed by atoms with Gasteiger partial charge in [-0.1, -0.05) is 75.3 Å². The van der Waals surface area contributed by atoms with E-state index in [0.717, 1.165) is 23.4 Å². The average molecular weight is 327 g/mol. The summed E-state index contributed by atoms with van der Waals surface area (Å²) in [6.07, 6.45) is 11.0. The molecule has 122 valence electrons. The lowest BCUT2D eigenvalue weighted by Gasteiger charge is -2.16. The standard InChI is InChI=1S/C20H25NOS/c22-19(16-11-7-4-2-1-3-5-8-12-16)18-15-23-20(21-18)17-13-9-6-10-14-17/h6,9-10,13-16H,1-5,7-8,11-12H2. The Morgan fingerprint density at radius 3 is 2.17 bits per heavy atom. The van der Waals surface area contributed by atoms with E-state index >= 15 is 0 Å². The zero-order chi connectivity index (χ0) is 15.9. The van der Waals surface area contributed by atoms with Crippen LogP contribution in [-0.4, -0.2) is 10.8 Å². The molecule has 1 aromatic heterocycles. The van der Waals surface area contributed by atoms with Gasteiger partial charge in [-0.05, 0) is 12.8 Å². The molecule has 23 heavy (non-hydrogen) atoms. The summed E-state index contributed by atoms with van der Waals surface area (Å²) in [5.74, 6) is 0.447. The van der Waals surface area contributed by atoms with Gasteiger partial charge in [-0.15, -0.1) is 11.3 Å². The zero-order valence-electron chi connectivity index (χ0n) is 13.7. The molecular weight excluding hydrogens is 302 g/mol. The lowest BCUT2D eigenvalue weighted by molar-refractivity contribution is 0.0896. The van der Waals surface area contributed by atoms with Gasteiger partial charge in [0.05, 0.1) is 0 Å². The third-order valence-electron chi connectivity index (χ3n) is 4.75. The van der Waals surface area contributed by atoms with Crippen LogP contribution >= 0.6 is 11.3 Å². The molecule has 3 heteroatoms. The largest absolute Gasteiger partial charge is 0.292 e. The maximum absolute atomic E-state index is 12.9. The number of carbonyl (C=O) groups is 1. The molecule has 1 saturated carbocycles. The van der Waals surface area contributed by atoms with E-state index in [2.05, 4.69) is 17.1 Å². The molecule has 0 spiro atoms. The number of aromatic nitrogens is 1. The first-order chi connectivity index (χ1) is 11.3. The third kappa shape index (κ3) is 4.51. The van der Waals surface area contributed by atoms with Gasteiger partial charge in [0.1, 0.15) is 10.7 Å². The fourth-order valence-corrected chi connectivity index (χ4v) is 4.20. The van der Waals surface area contributed by atoms with Crippen molar-refractivity contribution in [3.63, 3.8) is 0 Å². The first-order valence-corrected chi connectivity index (χ1v) is 9.78. The molecular formula is C20H25NOS. The van der Waals surface area contributed by atoms with Crippen molar-refractivity contribution >= 4 is 17.1 Å². The van der Waals surface area contributed by atoms with Crippen molar-refractivity contribution in [1.29, 1.82) is 0 Å². The molecule has 1 heterocycles. The van der Waals surface area contributed by atoms with Crippen molar-refractivity contribution in [3.8, 4) is 10.6 Å². The van der Waals surface area contributed by atoms with Crippen LogP contribution < -0.4 is 0 Å². The maximum Gasteiger partial charge on any atom is 0.185 e. The second kappa shape index (κ2) is 8.39. The van der Waals surface area contributed by atoms with Crippen LogP contribution in [0.4, 0.5) is 0 Å². The summed E-state index contributed by atoms with van der Waals surface area (Å²) < 4.78 is 0. The average Bonchev–Trinajstić information content (AvgIpc) is 3.10. The van der Waals surface area contributed by atoms with E-state index in [1.807, 2.05) is 23.6 Å². The molecule has 0 unspecified atom stereocenters. The molecule has 2 aromatic rings. The smallest absolute Gasteiger partial charge is 0.185 e. The Labute approximate surface area is 143 Å². The van der Waals surface area contributed by atoms with Crippen LogP contribution in [-0.2, 0) is 0 Å². The number of Topliss-reactive ketones (excluding diaryl/α,β-unsaturated/α-hetero) is 1. The number of ketones is 1. The van der Waals surface area contributed by atoms with Crippen LogP contribution in [0, 0.1) is 5.92 Å². The number of nitrogens with zero attached hydrogens (tertiary/aromatic N) is 1. The van der Waals surface area contributed by atoms with Crippen LogP contribution in [0.15, 0.2) is 35.7 Å². The molecule has 1 fully saturated rings. The minimum absolute atomic E-state index is 0.179.